The van der Waals surface area contributed by atoms with Gasteiger partial charge in [0.15, 0.2) is 0 Å². The summed E-state index contributed by atoms with van der Waals surface area (Å²) in [5.41, 5.74) is 0. The van der Waals surface area contributed by atoms with E-state index in [9.17, 15) is 13.2 Å². The van der Waals surface area contributed by atoms with Gasteiger partial charge in [-0.25, -0.2) is 8.42 Å². The minimum absolute atomic E-state index is 0. The zero-order valence-corrected chi connectivity index (χ0v) is 7.87. The summed E-state index contributed by atoms with van der Waals surface area (Å²) in [5, 5.41) is 8.33. The normalized spacial score (nSPS) is 8.93. The van der Waals surface area contributed by atoms with E-state index in [0.29, 0.717) is 6.42 Å². The molecule has 0 spiro atoms. The van der Waals surface area contributed by atoms with Crippen LogP contribution in [0.2, 0.25) is 0 Å². The van der Waals surface area contributed by atoms with E-state index in [-0.39, 0.29) is 85.4 Å². The first-order valence-electron chi connectivity index (χ1n) is 3.70. The van der Waals surface area contributed by atoms with E-state index in [2.05, 4.69) is 8.92 Å². The van der Waals surface area contributed by atoms with E-state index < -0.39 is 17.0 Å². The van der Waals surface area contributed by atoms with Crippen LogP contribution in [-0.2, 0) is 24.7 Å². The van der Waals surface area contributed by atoms with Crippen molar-refractivity contribution < 1.29 is 27.2 Å². The van der Waals surface area contributed by atoms with Gasteiger partial charge in [-0.15, -0.1) is 0 Å². The first-order valence-corrected chi connectivity index (χ1v) is 4.80. The van der Waals surface area contributed by atoms with Crippen LogP contribution in [0.4, 0.5) is 0 Å². The molecule has 0 radical (unpaired) electrons. The fraction of sp³-hybridized carbons (Fsp3) is 0.833. The average Bonchev–Trinajstić information content (AvgIpc) is 2.04. The number of thiol groups is 1. The monoisotopic (exact) mass is 260 g/mol. The topological polar surface area (TPSA) is 89.9 Å². The third-order valence-corrected chi connectivity index (χ3v) is 1.46. The molecule has 82 valence electrons. The van der Waals surface area contributed by atoms with Crippen molar-refractivity contribution in [2.24, 2.45) is 0 Å². The molecule has 0 bridgehead atoms. The van der Waals surface area contributed by atoms with E-state index in [0.717, 1.165) is 0 Å². The first kappa shape index (κ1) is 21.6. The van der Waals surface area contributed by atoms with Gasteiger partial charge < -0.3 is 9.84 Å². The molecule has 1 N–H and O–H groups in total. The molecule has 0 aliphatic heterocycles. The summed E-state index contributed by atoms with van der Waals surface area (Å²) in [7, 11) is -2.89. The number of esters is 1. The molecule has 6 nitrogen and oxygen atoms in total. The van der Waals surface area contributed by atoms with E-state index >= 15 is 0 Å². The second kappa shape index (κ2) is 15.3. The standard InChI is InChI=1S/C6H12O6S.2Na.2H/c7-3-1-4-11-6(8)2-5-12-13(9)10;;;;/h7,13H,1-5H2;;;;. The Labute approximate surface area is 134 Å². The van der Waals surface area contributed by atoms with Crippen molar-refractivity contribution in [3.63, 3.8) is 0 Å². The van der Waals surface area contributed by atoms with Crippen molar-refractivity contribution in [2.45, 2.75) is 12.8 Å². The summed E-state index contributed by atoms with van der Waals surface area (Å²) in [6.45, 7) is -0.105. The Bertz CT molecular complexity index is 212. The maximum absolute atomic E-state index is 10.7. The second-order valence-electron chi connectivity index (χ2n) is 2.10. The van der Waals surface area contributed by atoms with Crippen LogP contribution in [-0.4, -0.2) is 98.4 Å². The van der Waals surface area contributed by atoms with Crippen LogP contribution in [0.1, 0.15) is 12.8 Å². The van der Waals surface area contributed by atoms with Crippen molar-refractivity contribution in [1.29, 1.82) is 0 Å². The van der Waals surface area contributed by atoms with Crippen molar-refractivity contribution in [3.8, 4) is 0 Å². The molecule has 0 unspecified atom stereocenters. The van der Waals surface area contributed by atoms with Crippen LogP contribution in [0.5, 0.6) is 0 Å². The molecule has 15 heavy (non-hydrogen) atoms. The molecular weight excluding hydrogens is 246 g/mol. The fourth-order valence-corrected chi connectivity index (χ4v) is 0.767. The summed E-state index contributed by atoms with van der Waals surface area (Å²) in [6.07, 6.45) is 0.275. The Morgan fingerprint density at radius 2 is 1.80 bits per heavy atom. The van der Waals surface area contributed by atoms with Crippen LogP contribution in [0.3, 0.4) is 0 Å². The molecule has 0 amide bonds. The van der Waals surface area contributed by atoms with E-state index in [4.69, 9.17) is 5.11 Å². The summed E-state index contributed by atoms with van der Waals surface area (Å²) in [5.74, 6) is -0.537. The number of carbonyl (C=O) groups excluding carboxylic acids is 1. The zero-order valence-electron chi connectivity index (χ0n) is 6.97. The molecule has 0 aliphatic carbocycles. The van der Waals surface area contributed by atoms with Gasteiger partial charge in [0.2, 0.25) is 0 Å². The molecule has 0 aliphatic rings. The number of aliphatic hydroxyl groups is 1. The fourth-order valence-electron chi connectivity index (χ4n) is 0.526. The van der Waals surface area contributed by atoms with Crippen molar-refractivity contribution >= 4 is 76.1 Å². The summed E-state index contributed by atoms with van der Waals surface area (Å²) in [6, 6.07) is 0. The number of aliphatic hydroxyl groups excluding tert-OH is 1. The molecule has 0 heterocycles. The quantitative estimate of drug-likeness (QED) is 0.228. The molecule has 0 saturated carbocycles. The van der Waals surface area contributed by atoms with Crippen molar-refractivity contribution in [2.75, 3.05) is 19.8 Å². The SMILES string of the molecule is O=C(CCO[SH](=O)=O)OCCCO.[NaH].[NaH]. The number of ether oxygens (including phenoxy) is 1. The maximum atomic E-state index is 10.7. The molecule has 9 heteroatoms. The molecular formula is C6H14Na2O6S. The van der Waals surface area contributed by atoms with Gasteiger partial charge >= 0.3 is 65.1 Å². The van der Waals surface area contributed by atoms with Gasteiger partial charge in [-0.1, -0.05) is 0 Å². The average molecular weight is 260 g/mol. The predicted molar refractivity (Wildman–Crippen MR) is 57.8 cm³/mol. The Morgan fingerprint density at radius 1 is 1.20 bits per heavy atom. The first-order chi connectivity index (χ1) is 6.16. The third kappa shape index (κ3) is 17.9. The van der Waals surface area contributed by atoms with Gasteiger partial charge in [0, 0.05) is 13.0 Å². The second-order valence-corrected chi connectivity index (χ2v) is 2.81. The summed E-state index contributed by atoms with van der Waals surface area (Å²) >= 11 is 0. The molecule has 0 rings (SSSR count). The zero-order chi connectivity index (χ0) is 10.1. The van der Waals surface area contributed by atoms with Gasteiger partial charge in [0.05, 0.1) is 19.6 Å². The van der Waals surface area contributed by atoms with E-state index in [1.807, 2.05) is 0 Å². The molecule has 0 atom stereocenters. The van der Waals surface area contributed by atoms with Crippen LogP contribution < -0.4 is 0 Å². The van der Waals surface area contributed by atoms with E-state index in [1.165, 1.54) is 0 Å². The third-order valence-electron chi connectivity index (χ3n) is 1.07. The molecule has 0 saturated heterocycles. The molecule has 0 aromatic heterocycles. The van der Waals surface area contributed by atoms with Crippen molar-refractivity contribution in [3.05, 3.63) is 0 Å². The Hall–Kier alpha value is 1.34. The molecule has 0 fully saturated rings. The summed E-state index contributed by atoms with van der Waals surface area (Å²) < 4.78 is 28.5. The Kier molecular flexibility index (Phi) is 22.1. The van der Waals surface area contributed by atoms with Crippen molar-refractivity contribution in [1.82, 2.24) is 0 Å². The predicted octanol–water partition coefficient (Wildman–Crippen LogP) is -2.45. The van der Waals surface area contributed by atoms with Gasteiger partial charge in [-0.05, 0) is 0 Å². The Morgan fingerprint density at radius 3 is 2.27 bits per heavy atom. The van der Waals surface area contributed by atoms with Crippen LogP contribution in [0.25, 0.3) is 0 Å². The summed E-state index contributed by atoms with van der Waals surface area (Å²) in [4.78, 5) is 10.7. The Balaban J connectivity index is -0.000000720. The molecule has 0 aromatic carbocycles. The van der Waals surface area contributed by atoms with Crippen LogP contribution in [0, 0.1) is 0 Å². The number of carbonyl (C=O) groups is 1. The van der Waals surface area contributed by atoms with Gasteiger partial charge in [-0.3, -0.25) is 8.98 Å². The number of rotatable bonds is 7. The number of hydrogen-bond acceptors (Lipinski definition) is 6. The number of hydrogen-bond donors (Lipinski definition) is 2. The van der Waals surface area contributed by atoms with Gasteiger partial charge in [0.25, 0.3) is 11.0 Å². The minimum atomic E-state index is -2.89. The van der Waals surface area contributed by atoms with Crippen LogP contribution in [0.15, 0.2) is 0 Å². The van der Waals surface area contributed by atoms with E-state index in [1.54, 1.807) is 0 Å². The molecule has 0 aromatic rings. The van der Waals surface area contributed by atoms with Gasteiger partial charge in [0.1, 0.15) is 0 Å². The van der Waals surface area contributed by atoms with Gasteiger partial charge in [-0.2, -0.15) is 0 Å². The van der Waals surface area contributed by atoms with Crippen LogP contribution >= 0.6 is 0 Å².